The maximum absolute atomic E-state index is 11.9. The second kappa shape index (κ2) is 5.53. The summed E-state index contributed by atoms with van der Waals surface area (Å²) in [5.74, 6) is 0.861. The van der Waals surface area contributed by atoms with Gasteiger partial charge in [-0.15, -0.1) is 5.10 Å². The highest BCUT2D eigenvalue weighted by atomic mass is 32.2. The van der Waals surface area contributed by atoms with Crippen LogP contribution in [0.3, 0.4) is 0 Å². The van der Waals surface area contributed by atoms with Gasteiger partial charge in [-0.05, 0) is 26.7 Å². The molecule has 5 nitrogen and oxygen atoms in total. The van der Waals surface area contributed by atoms with E-state index in [4.69, 9.17) is 0 Å². The molecule has 94 valence electrons. The van der Waals surface area contributed by atoms with Gasteiger partial charge in [0.2, 0.25) is 11.1 Å². The number of aryl methyl sites for hydroxylation is 1. The van der Waals surface area contributed by atoms with Gasteiger partial charge < -0.3 is 5.32 Å². The van der Waals surface area contributed by atoms with Crippen molar-refractivity contribution >= 4 is 17.7 Å². The normalized spacial score (nSPS) is 18.2. The number of amides is 1. The molecule has 1 saturated carbocycles. The van der Waals surface area contributed by atoms with Crippen LogP contribution < -0.4 is 5.32 Å². The molecule has 2 rings (SSSR count). The molecule has 0 unspecified atom stereocenters. The number of hydrogen-bond acceptors (Lipinski definition) is 4. The van der Waals surface area contributed by atoms with Crippen LogP contribution in [0.2, 0.25) is 0 Å². The number of aromatic amines is 1. The zero-order valence-electron chi connectivity index (χ0n) is 10.2. The second-order valence-electron chi connectivity index (χ2n) is 4.45. The Bertz CT molecular complexity index is 387. The molecule has 1 heterocycles. The fourth-order valence-corrected chi connectivity index (χ4v) is 2.75. The third kappa shape index (κ3) is 3.46. The second-order valence-corrected chi connectivity index (χ2v) is 5.76. The van der Waals surface area contributed by atoms with E-state index in [1.165, 1.54) is 24.6 Å². The minimum absolute atomic E-state index is 0.0874. The van der Waals surface area contributed by atoms with Crippen LogP contribution in [-0.4, -0.2) is 32.4 Å². The number of aromatic nitrogens is 3. The van der Waals surface area contributed by atoms with Gasteiger partial charge in [-0.1, -0.05) is 24.6 Å². The maximum atomic E-state index is 11.9. The quantitative estimate of drug-likeness (QED) is 0.802. The Morgan fingerprint density at radius 2 is 2.24 bits per heavy atom. The molecule has 1 aromatic heterocycles. The first-order valence-electron chi connectivity index (χ1n) is 6.01. The van der Waals surface area contributed by atoms with Crippen molar-refractivity contribution < 1.29 is 4.79 Å². The van der Waals surface area contributed by atoms with Crippen molar-refractivity contribution in [2.75, 3.05) is 0 Å². The summed E-state index contributed by atoms with van der Waals surface area (Å²) in [6.45, 7) is 3.74. The Kier molecular flexibility index (Phi) is 4.04. The number of nitrogens with one attached hydrogen (secondary N) is 2. The highest BCUT2D eigenvalue weighted by molar-refractivity contribution is 8.00. The molecule has 0 bridgehead atoms. The monoisotopic (exact) mass is 254 g/mol. The van der Waals surface area contributed by atoms with Crippen LogP contribution in [0.15, 0.2) is 5.16 Å². The van der Waals surface area contributed by atoms with Crippen LogP contribution in [0.4, 0.5) is 0 Å². The van der Waals surface area contributed by atoms with E-state index in [0.29, 0.717) is 11.2 Å². The van der Waals surface area contributed by atoms with Crippen molar-refractivity contribution in [3.05, 3.63) is 5.82 Å². The molecule has 0 radical (unpaired) electrons. The zero-order valence-corrected chi connectivity index (χ0v) is 11.0. The van der Waals surface area contributed by atoms with Gasteiger partial charge in [0.1, 0.15) is 5.82 Å². The molecule has 6 heteroatoms. The number of carbonyl (C=O) groups is 1. The highest BCUT2D eigenvalue weighted by Crippen LogP contribution is 2.21. The van der Waals surface area contributed by atoms with Crippen molar-refractivity contribution in [1.29, 1.82) is 0 Å². The van der Waals surface area contributed by atoms with Crippen LogP contribution in [0.5, 0.6) is 0 Å². The smallest absolute Gasteiger partial charge is 0.233 e. The summed E-state index contributed by atoms with van der Waals surface area (Å²) in [4.78, 5) is 16.1. The molecular weight excluding hydrogens is 236 g/mol. The number of carbonyl (C=O) groups excluding carboxylic acids is 1. The molecule has 1 aliphatic rings. The lowest BCUT2D eigenvalue weighted by Gasteiger charge is -2.15. The standard InChI is InChI=1S/C11H18N4OS/c1-7(17-11-12-8(2)14-15-11)10(16)13-9-5-3-4-6-9/h7,9H,3-6H2,1-2H3,(H,13,16)(H,12,14,15)/t7-/m0/s1. The molecule has 17 heavy (non-hydrogen) atoms. The molecule has 2 N–H and O–H groups in total. The lowest BCUT2D eigenvalue weighted by atomic mass is 10.2. The topological polar surface area (TPSA) is 70.7 Å². The van der Waals surface area contributed by atoms with E-state index in [1.807, 2.05) is 13.8 Å². The van der Waals surface area contributed by atoms with E-state index in [9.17, 15) is 4.79 Å². The number of rotatable bonds is 4. The van der Waals surface area contributed by atoms with E-state index in [1.54, 1.807) is 0 Å². The lowest BCUT2D eigenvalue weighted by molar-refractivity contribution is -0.120. The summed E-state index contributed by atoms with van der Waals surface area (Å²) in [5, 5.41) is 10.4. The minimum Gasteiger partial charge on any atom is -0.352 e. The Balaban J connectivity index is 1.82. The van der Waals surface area contributed by atoms with Gasteiger partial charge in [-0.25, -0.2) is 4.98 Å². The van der Waals surface area contributed by atoms with Crippen LogP contribution in [-0.2, 0) is 4.79 Å². The molecule has 0 aliphatic heterocycles. The summed E-state index contributed by atoms with van der Waals surface area (Å²) in [5.41, 5.74) is 0. The third-order valence-corrected chi connectivity index (χ3v) is 3.89. The van der Waals surface area contributed by atoms with Gasteiger partial charge in [0.05, 0.1) is 5.25 Å². The first-order valence-corrected chi connectivity index (χ1v) is 6.89. The SMILES string of the molecule is Cc1nc(S[C@@H](C)C(=O)NC2CCCC2)n[nH]1. The molecule has 0 spiro atoms. The van der Waals surface area contributed by atoms with E-state index < -0.39 is 0 Å². The van der Waals surface area contributed by atoms with E-state index >= 15 is 0 Å². The van der Waals surface area contributed by atoms with Gasteiger partial charge in [0.25, 0.3) is 0 Å². The summed E-state index contributed by atoms with van der Waals surface area (Å²) >= 11 is 1.39. The zero-order chi connectivity index (χ0) is 12.3. The highest BCUT2D eigenvalue weighted by Gasteiger charge is 2.22. The third-order valence-electron chi connectivity index (χ3n) is 2.93. The lowest BCUT2D eigenvalue weighted by Crippen LogP contribution is -2.37. The van der Waals surface area contributed by atoms with Crippen LogP contribution in [0.1, 0.15) is 38.4 Å². The average Bonchev–Trinajstić information content (AvgIpc) is 2.90. The molecule has 1 aromatic rings. The van der Waals surface area contributed by atoms with E-state index in [0.717, 1.165) is 18.7 Å². The fourth-order valence-electron chi connectivity index (χ4n) is 1.98. The number of thioether (sulfide) groups is 1. The van der Waals surface area contributed by atoms with Gasteiger partial charge in [-0.3, -0.25) is 9.89 Å². The van der Waals surface area contributed by atoms with Crippen molar-refractivity contribution in [1.82, 2.24) is 20.5 Å². The van der Waals surface area contributed by atoms with Gasteiger partial charge in [0.15, 0.2) is 0 Å². The molecule has 1 aliphatic carbocycles. The van der Waals surface area contributed by atoms with Crippen molar-refractivity contribution in [3.63, 3.8) is 0 Å². The summed E-state index contributed by atoms with van der Waals surface area (Å²) in [6.07, 6.45) is 4.69. The summed E-state index contributed by atoms with van der Waals surface area (Å²) in [7, 11) is 0. The average molecular weight is 254 g/mol. The maximum Gasteiger partial charge on any atom is 0.233 e. The Labute approximate surface area is 105 Å². The van der Waals surface area contributed by atoms with Crippen molar-refractivity contribution in [3.8, 4) is 0 Å². The Morgan fingerprint density at radius 3 is 2.82 bits per heavy atom. The minimum atomic E-state index is -0.147. The summed E-state index contributed by atoms with van der Waals surface area (Å²) < 4.78 is 0. The van der Waals surface area contributed by atoms with Gasteiger partial charge in [-0.2, -0.15) is 0 Å². The largest absolute Gasteiger partial charge is 0.352 e. The van der Waals surface area contributed by atoms with Crippen molar-refractivity contribution in [2.45, 2.75) is 56.0 Å². The predicted octanol–water partition coefficient (Wildman–Crippen LogP) is 1.65. The van der Waals surface area contributed by atoms with Gasteiger partial charge in [0, 0.05) is 6.04 Å². The first kappa shape index (κ1) is 12.4. The van der Waals surface area contributed by atoms with E-state index in [2.05, 4.69) is 20.5 Å². The molecule has 1 atom stereocenters. The molecular formula is C11H18N4OS. The Hall–Kier alpha value is -1.04. The van der Waals surface area contributed by atoms with Gasteiger partial charge >= 0.3 is 0 Å². The fraction of sp³-hybridized carbons (Fsp3) is 0.727. The molecule has 0 aromatic carbocycles. The molecule has 1 amide bonds. The number of nitrogens with zero attached hydrogens (tertiary/aromatic N) is 2. The molecule has 1 fully saturated rings. The van der Waals surface area contributed by atoms with E-state index in [-0.39, 0.29) is 11.2 Å². The number of hydrogen-bond donors (Lipinski definition) is 2. The van der Waals surface area contributed by atoms with Crippen LogP contribution in [0, 0.1) is 6.92 Å². The van der Waals surface area contributed by atoms with Crippen molar-refractivity contribution in [2.24, 2.45) is 0 Å². The number of H-pyrrole nitrogens is 1. The molecule has 0 saturated heterocycles. The Morgan fingerprint density at radius 1 is 1.53 bits per heavy atom. The van der Waals surface area contributed by atoms with Crippen LogP contribution >= 0.6 is 11.8 Å². The predicted molar refractivity (Wildman–Crippen MR) is 66.8 cm³/mol. The van der Waals surface area contributed by atoms with Crippen LogP contribution in [0.25, 0.3) is 0 Å². The summed E-state index contributed by atoms with van der Waals surface area (Å²) in [6, 6.07) is 0.374. The first-order chi connectivity index (χ1) is 8.15.